The molecule has 0 amide bonds. The molecule has 2 aliphatic rings. The van der Waals surface area contributed by atoms with E-state index in [1.165, 1.54) is 27.8 Å². The van der Waals surface area contributed by atoms with Gasteiger partial charge in [-0.3, -0.25) is 0 Å². The van der Waals surface area contributed by atoms with Crippen LogP contribution in [0.3, 0.4) is 0 Å². The van der Waals surface area contributed by atoms with E-state index in [1.54, 1.807) is 0 Å². The summed E-state index contributed by atoms with van der Waals surface area (Å²) in [7, 11) is 0. The van der Waals surface area contributed by atoms with Crippen LogP contribution in [0.5, 0.6) is 11.5 Å². The fourth-order valence-electron chi connectivity index (χ4n) is 8.85. The molecule has 1 aromatic heterocycles. The molecule has 8 aromatic carbocycles. The summed E-state index contributed by atoms with van der Waals surface area (Å²) in [6, 6.07) is 73.0. The van der Waals surface area contributed by atoms with E-state index in [2.05, 4.69) is 170 Å². The third-order valence-corrected chi connectivity index (χ3v) is 11.4. The molecule has 1 spiro atoms. The third-order valence-electron chi connectivity index (χ3n) is 11.4. The standard InChI is InChI=1S/C53H34N2O/c1-3-15-35(16-4-1)48-34-49(36-17-5-2-6-18-36)55-52(54-48)41-22-14-21-39(32-41)37-19-13-20-38(31-37)40-29-30-47-51(33-40)56-50-28-12-11-27-46(50)53(47)44-25-9-7-23-42(44)43-24-8-10-26-45(43)53/h1-34H. The van der Waals surface area contributed by atoms with Crippen molar-refractivity contribution in [3.05, 3.63) is 229 Å². The summed E-state index contributed by atoms with van der Waals surface area (Å²) in [6.07, 6.45) is 0. The van der Waals surface area contributed by atoms with Gasteiger partial charge in [0, 0.05) is 27.8 Å². The maximum absolute atomic E-state index is 6.81. The molecule has 2 heterocycles. The second kappa shape index (κ2) is 12.9. The zero-order valence-corrected chi connectivity index (χ0v) is 30.4. The number of rotatable bonds is 5. The Morgan fingerprint density at radius 1 is 0.304 bits per heavy atom. The molecule has 56 heavy (non-hydrogen) atoms. The van der Waals surface area contributed by atoms with Crippen LogP contribution >= 0.6 is 0 Å². The Kier molecular flexibility index (Phi) is 7.39. The van der Waals surface area contributed by atoms with Gasteiger partial charge < -0.3 is 4.74 Å². The van der Waals surface area contributed by atoms with Crippen molar-refractivity contribution in [1.82, 2.24) is 9.97 Å². The van der Waals surface area contributed by atoms with Crippen molar-refractivity contribution in [2.24, 2.45) is 0 Å². The lowest BCUT2D eigenvalue weighted by Crippen LogP contribution is -2.32. The van der Waals surface area contributed by atoms with Gasteiger partial charge in [-0.25, -0.2) is 9.97 Å². The topological polar surface area (TPSA) is 35.0 Å². The summed E-state index contributed by atoms with van der Waals surface area (Å²) in [4.78, 5) is 10.2. The molecular formula is C53H34N2O. The fraction of sp³-hybridized carbons (Fsp3) is 0.0189. The van der Waals surface area contributed by atoms with Gasteiger partial charge in [-0.05, 0) is 74.8 Å². The lowest BCUT2D eigenvalue weighted by molar-refractivity contribution is 0.436. The number of benzene rings is 8. The molecule has 9 aromatic rings. The maximum Gasteiger partial charge on any atom is 0.160 e. The highest BCUT2D eigenvalue weighted by molar-refractivity contribution is 5.89. The second-order valence-electron chi connectivity index (χ2n) is 14.5. The highest BCUT2D eigenvalue weighted by atomic mass is 16.5. The van der Waals surface area contributed by atoms with Crippen LogP contribution in [0.2, 0.25) is 0 Å². The van der Waals surface area contributed by atoms with Gasteiger partial charge in [-0.1, -0.05) is 176 Å². The van der Waals surface area contributed by atoms with Crippen molar-refractivity contribution < 1.29 is 4.74 Å². The van der Waals surface area contributed by atoms with Gasteiger partial charge in [0.1, 0.15) is 11.5 Å². The van der Waals surface area contributed by atoms with Gasteiger partial charge in [0.25, 0.3) is 0 Å². The van der Waals surface area contributed by atoms with Crippen LogP contribution in [0.25, 0.3) is 67.3 Å². The molecule has 0 radical (unpaired) electrons. The maximum atomic E-state index is 6.81. The number of aromatic nitrogens is 2. The Bertz CT molecular complexity index is 2850. The molecule has 1 aliphatic carbocycles. The first-order chi connectivity index (χ1) is 27.7. The molecule has 0 bridgehead atoms. The summed E-state index contributed by atoms with van der Waals surface area (Å²) >= 11 is 0. The molecule has 11 rings (SSSR count). The molecule has 0 atom stereocenters. The predicted octanol–water partition coefficient (Wildman–Crippen LogP) is 13.3. The van der Waals surface area contributed by atoms with Gasteiger partial charge in [-0.2, -0.15) is 0 Å². The number of hydrogen-bond acceptors (Lipinski definition) is 3. The monoisotopic (exact) mass is 714 g/mol. The van der Waals surface area contributed by atoms with Gasteiger partial charge in [-0.15, -0.1) is 0 Å². The molecule has 0 fully saturated rings. The largest absolute Gasteiger partial charge is 0.457 e. The Morgan fingerprint density at radius 2 is 0.750 bits per heavy atom. The number of fused-ring (bicyclic) bond motifs is 9. The number of hydrogen-bond donors (Lipinski definition) is 0. The van der Waals surface area contributed by atoms with Crippen LogP contribution in [0.1, 0.15) is 22.3 Å². The predicted molar refractivity (Wildman–Crippen MR) is 227 cm³/mol. The van der Waals surface area contributed by atoms with Crippen LogP contribution < -0.4 is 4.74 Å². The van der Waals surface area contributed by atoms with Crippen LogP contribution in [-0.2, 0) is 5.41 Å². The van der Waals surface area contributed by atoms with E-state index >= 15 is 0 Å². The SMILES string of the molecule is c1ccc(-c2cc(-c3ccccc3)nc(-c3cccc(-c4cccc(-c5ccc6c(c5)Oc5ccccc5C65c6ccccc6-c6ccccc65)c4)c3)n2)cc1. The smallest absolute Gasteiger partial charge is 0.160 e. The summed E-state index contributed by atoms with van der Waals surface area (Å²) in [5, 5.41) is 0. The van der Waals surface area contributed by atoms with Crippen molar-refractivity contribution in [1.29, 1.82) is 0 Å². The Balaban J connectivity index is 1.00. The first-order valence-electron chi connectivity index (χ1n) is 19.1. The van der Waals surface area contributed by atoms with Crippen molar-refractivity contribution in [3.8, 4) is 78.8 Å². The van der Waals surface area contributed by atoms with Crippen LogP contribution in [-0.4, -0.2) is 9.97 Å². The molecule has 3 heteroatoms. The summed E-state index contributed by atoms with van der Waals surface area (Å²) < 4.78 is 6.81. The van der Waals surface area contributed by atoms with Crippen LogP contribution in [0, 0.1) is 0 Å². The van der Waals surface area contributed by atoms with Gasteiger partial charge >= 0.3 is 0 Å². The van der Waals surface area contributed by atoms with Crippen molar-refractivity contribution >= 4 is 0 Å². The zero-order valence-electron chi connectivity index (χ0n) is 30.4. The Labute approximate surface area is 326 Å². The molecule has 0 saturated carbocycles. The quantitative estimate of drug-likeness (QED) is 0.178. The minimum Gasteiger partial charge on any atom is -0.457 e. The Morgan fingerprint density at radius 3 is 1.36 bits per heavy atom. The average Bonchev–Trinajstić information content (AvgIpc) is 3.57. The number of ether oxygens (including phenoxy) is 1. The van der Waals surface area contributed by atoms with E-state index in [0.29, 0.717) is 5.82 Å². The van der Waals surface area contributed by atoms with E-state index in [0.717, 1.165) is 67.4 Å². The molecule has 262 valence electrons. The molecular weight excluding hydrogens is 681 g/mol. The first kappa shape index (κ1) is 32.1. The minimum absolute atomic E-state index is 0.474. The molecule has 0 saturated heterocycles. The van der Waals surface area contributed by atoms with E-state index in [9.17, 15) is 0 Å². The molecule has 0 unspecified atom stereocenters. The fourth-order valence-corrected chi connectivity index (χ4v) is 8.85. The van der Waals surface area contributed by atoms with Gasteiger partial charge in [0.2, 0.25) is 0 Å². The molecule has 3 nitrogen and oxygen atoms in total. The minimum atomic E-state index is -0.474. The average molecular weight is 715 g/mol. The van der Waals surface area contributed by atoms with E-state index in [-0.39, 0.29) is 0 Å². The number of nitrogens with zero attached hydrogens (tertiary/aromatic N) is 2. The van der Waals surface area contributed by atoms with E-state index in [4.69, 9.17) is 14.7 Å². The summed E-state index contributed by atoms with van der Waals surface area (Å²) in [6.45, 7) is 0. The normalized spacial score (nSPS) is 12.9. The van der Waals surface area contributed by atoms with Gasteiger partial charge in [0.15, 0.2) is 5.82 Å². The second-order valence-corrected chi connectivity index (χ2v) is 14.5. The third kappa shape index (κ3) is 5.05. The van der Waals surface area contributed by atoms with Crippen LogP contribution in [0.4, 0.5) is 0 Å². The Hall–Kier alpha value is -7.36. The van der Waals surface area contributed by atoms with Crippen LogP contribution in [0.15, 0.2) is 206 Å². The van der Waals surface area contributed by atoms with Crippen molar-refractivity contribution in [2.45, 2.75) is 5.41 Å². The molecule has 0 N–H and O–H groups in total. The number of para-hydroxylation sites is 1. The highest BCUT2D eigenvalue weighted by Gasteiger charge is 2.50. The van der Waals surface area contributed by atoms with Crippen molar-refractivity contribution in [3.63, 3.8) is 0 Å². The van der Waals surface area contributed by atoms with Crippen molar-refractivity contribution in [2.75, 3.05) is 0 Å². The first-order valence-corrected chi connectivity index (χ1v) is 19.1. The van der Waals surface area contributed by atoms with E-state index in [1.807, 2.05) is 36.4 Å². The lowest BCUT2D eigenvalue weighted by Gasteiger charge is -2.39. The summed E-state index contributed by atoms with van der Waals surface area (Å²) in [5.41, 5.74) is 16.3. The van der Waals surface area contributed by atoms with Gasteiger partial charge in [0.05, 0.1) is 16.8 Å². The molecule has 1 aliphatic heterocycles. The zero-order chi connectivity index (χ0) is 37.1. The highest BCUT2D eigenvalue weighted by Crippen LogP contribution is 2.62. The summed E-state index contributed by atoms with van der Waals surface area (Å²) in [5.74, 6) is 2.47. The van der Waals surface area contributed by atoms with E-state index < -0.39 is 5.41 Å². The lowest BCUT2D eigenvalue weighted by atomic mass is 9.66.